The average molecular weight is 244 g/mol. The number of hydrogen-bond acceptors (Lipinski definition) is 3. The second-order valence-corrected chi connectivity index (χ2v) is 4.59. The van der Waals surface area contributed by atoms with Gasteiger partial charge in [-0.25, -0.2) is 4.79 Å². The van der Waals surface area contributed by atoms with E-state index in [0.29, 0.717) is 5.75 Å². The monoisotopic (exact) mass is 244 g/mol. The van der Waals surface area contributed by atoms with E-state index < -0.39 is 0 Å². The van der Waals surface area contributed by atoms with Gasteiger partial charge in [0.25, 0.3) is 0 Å². The van der Waals surface area contributed by atoms with Gasteiger partial charge in [-0.3, -0.25) is 0 Å². The summed E-state index contributed by atoms with van der Waals surface area (Å²) in [5, 5.41) is -0.319. The molecule has 0 N–H and O–H groups in total. The highest BCUT2D eigenvalue weighted by atomic mass is 32.2. The lowest BCUT2D eigenvalue weighted by molar-refractivity contribution is 0.227. The first-order valence-corrected chi connectivity index (χ1v) is 6.07. The van der Waals surface area contributed by atoms with Gasteiger partial charge in [0.1, 0.15) is 5.75 Å². The molecule has 0 heterocycles. The Morgan fingerprint density at radius 1 is 1.00 bits per heavy atom. The number of rotatable bonds is 2. The Morgan fingerprint density at radius 3 is 2.29 bits per heavy atom. The molecule has 0 aliphatic heterocycles. The minimum Gasteiger partial charge on any atom is -0.418 e. The molecule has 2 rings (SSSR count). The zero-order chi connectivity index (χ0) is 12.1. The fourth-order valence-electron chi connectivity index (χ4n) is 1.31. The Bertz CT molecular complexity index is 491. The third kappa shape index (κ3) is 3.64. The summed E-state index contributed by atoms with van der Waals surface area (Å²) >= 11 is 1.09. The molecule has 0 aromatic heterocycles. The molecule has 2 aromatic carbocycles. The van der Waals surface area contributed by atoms with Crippen molar-refractivity contribution in [2.75, 3.05) is 0 Å². The summed E-state index contributed by atoms with van der Waals surface area (Å²) in [5.74, 6) is 0.567. The topological polar surface area (TPSA) is 26.3 Å². The lowest BCUT2D eigenvalue weighted by Crippen LogP contribution is -1.99. The maximum absolute atomic E-state index is 11.6. The molecule has 0 saturated heterocycles. The van der Waals surface area contributed by atoms with E-state index >= 15 is 0 Å². The third-order valence-corrected chi connectivity index (χ3v) is 2.92. The zero-order valence-corrected chi connectivity index (χ0v) is 10.2. The van der Waals surface area contributed by atoms with Crippen molar-refractivity contribution in [3.8, 4) is 5.75 Å². The zero-order valence-electron chi connectivity index (χ0n) is 9.42. The number of para-hydroxylation sites is 1. The molecule has 86 valence electrons. The van der Waals surface area contributed by atoms with Gasteiger partial charge in [0, 0.05) is 4.90 Å². The molecule has 0 spiro atoms. The average Bonchev–Trinajstić information content (AvgIpc) is 2.33. The minimum absolute atomic E-state index is 0.319. The second kappa shape index (κ2) is 5.55. The van der Waals surface area contributed by atoms with Crippen LogP contribution in [0.5, 0.6) is 5.75 Å². The van der Waals surface area contributed by atoms with Crippen molar-refractivity contribution in [1.29, 1.82) is 0 Å². The van der Waals surface area contributed by atoms with Crippen molar-refractivity contribution in [3.63, 3.8) is 0 Å². The molecule has 0 radical (unpaired) electrons. The van der Waals surface area contributed by atoms with Crippen molar-refractivity contribution in [2.24, 2.45) is 0 Å². The van der Waals surface area contributed by atoms with Gasteiger partial charge < -0.3 is 4.74 Å². The number of carbonyl (C=O) groups excluding carboxylic acids is 1. The standard InChI is InChI=1S/C14H12O2S/c1-11-7-9-13(10-8-11)17-14(15)16-12-5-3-2-4-6-12/h2-10H,1H3. The first-order valence-electron chi connectivity index (χ1n) is 5.25. The molecular formula is C14H12O2S. The molecule has 2 nitrogen and oxygen atoms in total. The number of aryl methyl sites for hydroxylation is 1. The van der Waals surface area contributed by atoms with Gasteiger partial charge in [0.05, 0.1) is 0 Å². The van der Waals surface area contributed by atoms with Gasteiger partial charge in [0.15, 0.2) is 0 Å². The third-order valence-electron chi connectivity index (χ3n) is 2.17. The van der Waals surface area contributed by atoms with E-state index in [9.17, 15) is 4.79 Å². The van der Waals surface area contributed by atoms with Crippen molar-refractivity contribution >= 4 is 17.1 Å². The molecule has 0 unspecified atom stereocenters. The highest BCUT2D eigenvalue weighted by Gasteiger charge is 2.06. The van der Waals surface area contributed by atoms with Crippen LogP contribution in [-0.4, -0.2) is 5.30 Å². The first-order chi connectivity index (χ1) is 8.24. The van der Waals surface area contributed by atoms with Crippen molar-refractivity contribution in [2.45, 2.75) is 11.8 Å². The van der Waals surface area contributed by atoms with Crippen LogP contribution >= 0.6 is 11.8 Å². The van der Waals surface area contributed by atoms with Crippen LogP contribution in [0, 0.1) is 6.92 Å². The number of carbonyl (C=O) groups is 1. The maximum Gasteiger partial charge on any atom is 0.377 e. The fourth-order valence-corrected chi connectivity index (χ4v) is 1.91. The number of thioether (sulfide) groups is 1. The smallest absolute Gasteiger partial charge is 0.377 e. The van der Waals surface area contributed by atoms with Gasteiger partial charge in [-0.1, -0.05) is 35.9 Å². The highest BCUT2D eigenvalue weighted by Crippen LogP contribution is 2.22. The molecule has 3 heteroatoms. The number of ether oxygens (including phenoxy) is 1. The van der Waals surface area contributed by atoms with E-state index in [0.717, 1.165) is 16.7 Å². The second-order valence-electron chi connectivity index (χ2n) is 3.58. The Hall–Kier alpha value is -1.74. The predicted octanol–water partition coefficient (Wildman–Crippen LogP) is 4.29. The highest BCUT2D eigenvalue weighted by molar-refractivity contribution is 8.13. The van der Waals surface area contributed by atoms with Crippen LogP contribution in [-0.2, 0) is 0 Å². The van der Waals surface area contributed by atoms with Crippen LogP contribution in [0.2, 0.25) is 0 Å². The molecule has 2 aromatic rings. The lowest BCUT2D eigenvalue weighted by atomic mass is 10.2. The van der Waals surface area contributed by atoms with Crippen molar-refractivity contribution < 1.29 is 9.53 Å². The van der Waals surface area contributed by atoms with Gasteiger partial charge in [-0.2, -0.15) is 0 Å². The van der Waals surface area contributed by atoms with Crippen LogP contribution in [0.3, 0.4) is 0 Å². The van der Waals surface area contributed by atoms with E-state index in [1.54, 1.807) is 12.1 Å². The molecule has 0 bridgehead atoms. The van der Waals surface area contributed by atoms with Crippen LogP contribution < -0.4 is 4.74 Å². The molecule has 0 atom stereocenters. The van der Waals surface area contributed by atoms with E-state index in [1.165, 1.54) is 5.56 Å². The first kappa shape index (κ1) is 11.7. The van der Waals surface area contributed by atoms with E-state index in [1.807, 2.05) is 49.4 Å². The Kier molecular flexibility index (Phi) is 3.83. The molecule has 17 heavy (non-hydrogen) atoms. The quantitative estimate of drug-likeness (QED) is 0.582. The van der Waals surface area contributed by atoms with Gasteiger partial charge >= 0.3 is 5.30 Å². The molecule has 0 aliphatic carbocycles. The molecule has 0 amide bonds. The number of benzene rings is 2. The van der Waals surface area contributed by atoms with E-state index in [-0.39, 0.29) is 5.30 Å². The summed E-state index contributed by atoms with van der Waals surface area (Å²) in [6.45, 7) is 2.01. The van der Waals surface area contributed by atoms with Crippen LogP contribution in [0.1, 0.15) is 5.56 Å². The summed E-state index contributed by atoms with van der Waals surface area (Å²) in [7, 11) is 0. The molecular weight excluding hydrogens is 232 g/mol. The Labute approximate surface area is 105 Å². The van der Waals surface area contributed by atoms with Crippen LogP contribution in [0.25, 0.3) is 0 Å². The van der Waals surface area contributed by atoms with Gasteiger partial charge in [-0.05, 0) is 43.0 Å². The summed E-state index contributed by atoms with van der Waals surface area (Å²) in [6.07, 6.45) is 0. The Morgan fingerprint density at radius 2 is 1.65 bits per heavy atom. The number of hydrogen-bond donors (Lipinski definition) is 0. The lowest BCUT2D eigenvalue weighted by Gasteiger charge is -2.03. The van der Waals surface area contributed by atoms with Crippen LogP contribution in [0.4, 0.5) is 4.79 Å². The predicted molar refractivity (Wildman–Crippen MR) is 69.5 cm³/mol. The normalized spacial score (nSPS) is 9.94. The van der Waals surface area contributed by atoms with Gasteiger partial charge in [0.2, 0.25) is 0 Å². The molecule has 0 fully saturated rings. The largest absolute Gasteiger partial charge is 0.418 e. The molecule has 0 aliphatic rings. The summed E-state index contributed by atoms with van der Waals surface area (Å²) in [4.78, 5) is 12.5. The van der Waals surface area contributed by atoms with E-state index in [4.69, 9.17) is 4.74 Å². The van der Waals surface area contributed by atoms with Gasteiger partial charge in [-0.15, -0.1) is 0 Å². The summed E-state index contributed by atoms with van der Waals surface area (Å²) in [6, 6.07) is 16.8. The van der Waals surface area contributed by atoms with E-state index in [2.05, 4.69) is 0 Å². The maximum atomic E-state index is 11.6. The van der Waals surface area contributed by atoms with Crippen molar-refractivity contribution in [1.82, 2.24) is 0 Å². The summed E-state index contributed by atoms with van der Waals surface area (Å²) < 4.78 is 5.17. The van der Waals surface area contributed by atoms with Crippen molar-refractivity contribution in [3.05, 3.63) is 60.2 Å². The fraction of sp³-hybridized carbons (Fsp3) is 0.0714. The Balaban J connectivity index is 1.96. The SMILES string of the molecule is Cc1ccc(SC(=O)Oc2ccccc2)cc1. The minimum atomic E-state index is -0.319. The summed E-state index contributed by atoms with van der Waals surface area (Å²) in [5.41, 5.74) is 1.17. The van der Waals surface area contributed by atoms with Crippen LogP contribution in [0.15, 0.2) is 59.5 Å². The molecule has 0 saturated carbocycles.